The summed E-state index contributed by atoms with van der Waals surface area (Å²) < 4.78 is 12.7. The number of methoxy groups -OCH3 is 2. The second-order valence-corrected chi connectivity index (χ2v) is 6.39. The van der Waals surface area contributed by atoms with Gasteiger partial charge in [0, 0.05) is 24.7 Å². The van der Waals surface area contributed by atoms with Gasteiger partial charge in [-0.2, -0.15) is 0 Å². The topological polar surface area (TPSA) is 65.4 Å². The van der Waals surface area contributed by atoms with E-state index >= 15 is 0 Å². The van der Waals surface area contributed by atoms with Crippen LogP contribution >= 0.6 is 0 Å². The van der Waals surface area contributed by atoms with Gasteiger partial charge < -0.3 is 19.4 Å². The molecule has 1 N–H and O–H groups in total. The molecule has 0 aliphatic heterocycles. The van der Waals surface area contributed by atoms with Gasteiger partial charge in [-0.1, -0.05) is 12.1 Å². The Bertz CT molecular complexity index is 992. The van der Waals surface area contributed by atoms with Crippen molar-refractivity contribution in [2.75, 3.05) is 20.8 Å². The minimum atomic E-state index is -0.142. The van der Waals surface area contributed by atoms with Gasteiger partial charge in [-0.15, -0.1) is 0 Å². The van der Waals surface area contributed by atoms with Crippen molar-refractivity contribution < 1.29 is 14.3 Å². The van der Waals surface area contributed by atoms with E-state index in [9.17, 15) is 4.79 Å². The molecule has 0 saturated carbocycles. The highest BCUT2D eigenvalue weighted by atomic mass is 16.5. The fraction of sp³-hybridized carbons (Fsp3) is 0.273. The van der Waals surface area contributed by atoms with E-state index < -0.39 is 0 Å². The van der Waals surface area contributed by atoms with Crippen LogP contribution in [-0.2, 0) is 11.3 Å². The molecule has 0 spiro atoms. The zero-order valence-electron chi connectivity index (χ0n) is 16.4. The van der Waals surface area contributed by atoms with Gasteiger partial charge in [-0.3, -0.25) is 4.79 Å². The number of amides is 1. The molecule has 146 valence electrons. The van der Waals surface area contributed by atoms with Gasteiger partial charge in [0.15, 0.2) is 0 Å². The molecular weight excluding hydrogens is 354 g/mol. The lowest BCUT2D eigenvalue weighted by molar-refractivity contribution is -0.116. The number of benzene rings is 2. The molecule has 0 atom stereocenters. The smallest absolute Gasteiger partial charge is 0.244 e. The highest BCUT2D eigenvalue weighted by Gasteiger charge is 2.06. The van der Waals surface area contributed by atoms with Gasteiger partial charge in [0.2, 0.25) is 5.91 Å². The van der Waals surface area contributed by atoms with E-state index in [1.165, 1.54) is 6.08 Å². The number of nitrogens with one attached hydrogen (secondary N) is 1. The lowest BCUT2D eigenvalue weighted by Gasteiger charge is -2.08. The van der Waals surface area contributed by atoms with Gasteiger partial charge in [0.05, 0.1) is 25.3 Å². The Kier molecular flexibility index (Phi) is 6.32. The average molecular weight is 379 g/mol. The molecule has 2 aromatic carbocycles. The van der Waals surface area contributed by atoms with E-state index in [1.807, 2.05) is 43.3 Å². The summed E-state index contributed by atoms with van der Waals surface area (Å²) in [5.74, 6) is 2.24. The van der Waals surface area contributed by atoms with Crippen molar-refractivity contribution in [3.63, 3.8) is 0 Å². The molecule has 0 bridgehead atoms. The number of hydrogen-bond donors (Lipinski definition) is 1. The predicted octanol–water partition coefficient (Wildman–Crippen LogP) is 3.58. The van der Waals surface area contributed by atoms with Crippen LogP contribution in [0.2, 0.25) is 0 Å². The molecule has 0 saturated heterocycles. The Hall–Kier alpha value is -3.28. The third-order valence-corrected chi connectivity index (χ3v) is 4.55. The number of carbonyl (C=O) groups is 1. The summed E-state index contributed by atoms with van der Waals surface area (Å²) in [6, 6.07) is 13.5. The molecule has 3 rings (SSSR count). The number of rotatable bonds is 8. The number of hydrogen-bond acceptors (Lipinski definition) is 4. The minimum absolute atomic E-state index is 0.142. The van der Waals surface area contributed by atoms with Crippen LogP contribution in [0.1, 0.15) is 17.8 Å². The monoisotopic (exact) mass is 379 g/mol. The van der Waals surface area contributed by atoms with E-state index in [0.29, 0.717) is 18.0 Å². The molecule has 28 heavy (non-hydrogen) atoms. The molecule has 1 amide bonds. The van der Waals surface area contributed by atoms with Gasteiger partial charge in [-0.25, -0.2) is 4.98 Å². The molecule has 0 unspecified atom stereocenters. The predicted molar refractivity (Wildman–Crippen MR) is 111 cm³/mol. The largest absolute Gasteiger partial charge is 0.497 e. The van der Waals surface area contributed by atoms with Gasteiger partial charge >= 0.3 is 0 Å². The van der Waals surface area contributed by atoms with Crippen molar-refractivity contribution >= 4 is 23.0 Å². The van der Waals surface area contributed by atoms with Crippen molar-refractivity contribution in [3.05, 3.63) is 59.9 Å². The Morgan fingerprint density at radius 3 is 2.79 bits per heavy atom. The molecule has 1 aromatic heterocycles. The highest BCUT2D eigenvalue weighted by Crippen LogP contribution is 2.25. The summed E-state index contributed by atoms with van der Waals surface area (Å²) in [6.45, 7) is 3.40. The Morgan fingerprint density at radius 1 is 1.18 bits per heavy atom. The standard InChI is InChI=1S/C22H25N3O3/c1-16-24-19-7-4-5-8-20(19)25(16)14-6-13-23-22(26)12-9-17-15-18(27-2)10-11-21(17)28-3/h4-5,7-12,15H,6,13-14H2,1-3H3,(H,23,26)/b12-9+. The van der Waals surface area contributed by atoms with E-state index in [1.54, 1.807) is 20.3 Å². The van der Waals surface area contributed by atoms with Crippen LogP contribution in [0.5, 0.6) is 11.5 Å². The van der Waals surface area contributed by atoms with E-state index in [4.69, 9.17) is 9.47 Å². The first-order valence-corrected chi connectivity index (χ1v) is 9.22. The van der Waals surface area contributed by atoms with Crippen LogP contribution in [0.4, 0.5) is 0 Å². The van der Waals surface area contributed by atoms with Crippen LogP contribution in [0, 0.1) is 6.92 Å². The summed E-state index contributed by atoms with van der Waals surface area (Å²) in [6.07, 6.45) is 4.06. The molecule has 0 aliphatic rings. The van der Waals surface area contributed by atoms with Gasteiger partial charge in [-0.05, 0) is 49.8 Å². The van der Waals surface area contributed by atoms with Crippen molar-refractivity contribution in [1.82, 2.24) is 14.9 Å². The number of aromatic nitrogens is 2. The van der Waals surface area contributed by atoms with Crippen LogP contribution in [-0.4, -0.2) is 36.2 Å². The first-order chi connectivity index (χ1) is 13.6. The number of fused-ring (bicyclic) bond motifs is 1. The van der Waals surface area contributed by atoms with Crippen molar-refractivity contribution in [2.24, 2.45) is 0 Å². The third-order valence-electron chi connectivity index (χ3n) is 4.55. The molecule has 0 radical (unpaired) electrons. The number of para-hydroxylation sites is 2. The molecule has 6 heteroatoms. The summed E-state index contributed by atoms with van der Waals surface area (Å²) >= 11 is 0. The molecule has 0 aliphatic carbocycles. The normalized spacial score (nSPS) is 11.1. The van der Waals surface area contributed by atoms with Crippen LogP contribution < -0.4 is 14.8 Å². The quantitative estimate of drug-likeness (QED) is 0.480. The lowest BCUT2D eigenvalue weighted by Crippen LogP contribution is -2.23. The molecule has 1 heterocycles. The number of ether oxygens (including phenoxy) is 2. The lowest BCUT2D eigenvalue weighted by atomic mass is 10.1. The number of imidazole rings is 1. The SMILES string of the molecule is COc1ccc(OC)c(/C=C/C(=O)NCCCn2c(C)nc3ccccc32)c1. The summed E-state index contributed by atoms with van der Waals surface area (Å²) in [4.78, 5) is 16.7. The third kappa shape index (κ3) is 4.52. The minimum Gasteiger partial charge on any atom is -0.497 e. The number of carbonyl (C=O) groups excluding carboxylic acids is 1. The maximum atomic E-state index is 12.1. The second-order valence-electron chi connectivity index (χ2n) is 6.39. The molecule has 6 nitrogen and oxygen atoms in total. The van der Waals surface area contributed by atoms with Gasteiger partial charge in [0.1, 0.15) is 17.3 Å². The maximum absolute atomic E-state index is 12.1. The molecule has 3 aromatic rings. The Balaban J connectivity index is 1.53. The summed E-state index contributed by atoms with van der Waals surface area (Å²) in [5.41, 5.74) is 2.91. The van der Waals surface area contributed by atoms with E-state index in [0.717, 1.165) is 35.4 Å². The zero-order chi connectivity index (χ0) is 19.9. The van der Waals surface area contributed by atoms with E-state index in [-0.39, 0.29) is 5.91 Å². The van der Waals surface area contributed by atoms with Crippen LogP contribution in [0.25, 0.3) is 17.1 Å². The average Bonchev–Trinajstić information content (AvgIpc) is 3.04. The van der Waals surface area contributed by atoms with Crippen molar-refractivity contribution in [1.29, 1.82) is 0 Å². The maximum Gasteiger partial charge on any atom is 0.244 e. The van der Waals surface area contributed by atoms with Gasteiger partial charge in [0.25, 0.3) is 0 Å². The number of nitrogens with zero attached hydrogens (tertiary/aromatic N) is 2. The van der Waals surface area contributed by atoms with Crippen molar-refractivity contribution in [2.45, 2.75) is 19.9 Å². The Morgan fingerprint density at radius 2 is 2.00 bits per heavy atom. The highest BCUT2D eigenvalue weighted by molar-refractivity contribution is 5.92. The molecule has 0 fully saturated rings. The zero-order valence-corrected chi connectivity index (χ0v) is 16.4. The Labute approximate surface area is 164 Å². The summed E-state index contributed by atoms with van der Waals surface area (Å²) in [7, 11) is 3.20. The summed E-state index contributed by atoms with van der Waals surface area (Å²) in [5, 5.41) is 2.92. The van der Waals surface area contributed by atoms with Crippen LogP contribution in [0.15, 0.2) is 48.5 Å². The second kappa shape index (κ2) is 9.08. The first kappa shape index (κ1) is 19.5. The molecular formula is C22H25N3O3. The van der Waals surface area contributed by atoms with E-state index in [2.05, 4.69) is 20.9 Å². The van der Waals surface area contributed by atoms with Crippen molar-refractivity contribution in [3.8, 4) is 11.5 Å². The fourth-order valence-electron chi connectivity index (χ4n) is 3.12. The fourth-order valence-corrected chi connectivity index (χ4v) is 3.12. The van der Waals surface area contributed by atoms with Crippen LogP contribution in [0.3, 0.4) is 0 Å². The number of aryl methyl sites for hydroxylation is 2. The first-order valence-electron chi connectivity index (χ1n) is 9.22.